The van der Waals surface area contributed by atoms with E-state index in [4.69, 9.17) is 0 Å². The van der Waals surface area contributed by atoms with Crippen LogP contribution in [-0.4, -0.2) is 16.0 Å². The molecular weight excluding hydrogens is 342 g/mol. The van der Waals surface area contributed by atoms with Gasteiger partial charge in [-0.25, -0.2) is 0 Å². The fourth-order valence-corrected chi connectivity index (χ4v) is 3.04. The predicted octanol–water partition coefficient (Wildman–Crippen LogP) is 2.78. The minimum absolute atomic E-state index is 0.230. The van der Waals surface area contributed by atoms with Gasteiger partial charge in [-0.1, -0.05) is 0 Å². The molecule has 2 heteroatoms. The SMILES string of the molecule is C[C](=[W])C(CNC(C)(C)C)C(C)(C)C. The van der Waals surface area contributed by atoms with E-state index >= 15 is 0 Å². The van der Waals surface area contributed by atoms with Crippen LogP contribution in [0, 0.1) is 11.3 Å². The van der Waals surface area contributed by atoms with Crippen LogP contribution >= 0.6 is 0 Å². The molecule has 14 heavy (non-hydrogen) atoms. The van der Waals surface area contributed by atoms with Gasteiger partial charge in [0.25, 0.3) is 0 Å². The first-order chi connectivity index (χ1) is 6.04. The summed E-state index contributed by atoms with van der Waals surface area (Å²) in [5.74, 6) is 0.691. The summed E-state index contributed by atoms with van der Waals surface area (Å²) in [6.07, 6.45) is 0. The monoisotopic (exact) mass is 367 g/mol. The van der Waals surface area contributed by atoms with Crippen LogP contribution < -0.4 is 5.32 Å². The van der Waals surface area contributed by atoms with Crippen molar-refractivity contribution in [2.45, 2.75) is 54.0 Å². The van der Waals surface area contributed by atoms with E-state index in [1.54, 1.807) is 23.3 Å². The molecule has 0 aromatic rings. The molecule has 0 aromatic carbocycles. The van der Waals surface area contributed by atoms with Crippen LogP contribution in [0.25, 0.3) is 0 Å². The molecule has 1 N–H and O–H groups in total. The van der Waals surface area contributed by atoms with Crippen molar-refractivity contribution < 1.29 is 19.4 Å². The van der Waals surface area contributed by atoms with E-state index in [1.807, 2.05) is 0 Å². The molecule has 0 fully saturated rings. The number of hydrogen-bond donors (Lipinski definition) is 1. The molecule has 0 radical (unpaired) electrons. The van der Waals surface area contributed by atoms with E-state index in [0.717, 1.165) is 6.54 Å². The first-order valence-electron chi connectivity index (χ1n) is 5.29. The van der Waals surface area contributed by atoms with E-state index in [1.165, 1.54) is 0 Å². The molecule has 1 nitrogen and oxygen atoms in total. The summed E-state index contributed by atoms with van der Waals surface area (Å²) in [5, 5.41) is 3.60. The Bertz CT molecular complexity index is 195. The third-order valence-corrected chi connectivity index (χ3v) is 3.39. The second-order valence-corrected chi connectivity index (χ2v) is 8.47. The van der Waals surface area contributed by atoms with Gasteiger partial charge >= 0.3 is 100 Å². The Balaban J connectivity index is 4.35. The molecule has 0 aliphatic rings. The van der Waals surface area contributed by atoms with Crippen molar-refractivity contribution in [1.29, 1.82) is 0 Å². The van der Waals surface area contributed by atoms with Crippen molar-refractivity contribution in [2.75, 3.05) is 6.54 Å². The van der Waals surface area contributed by atoms with Crippen LogP contribution in [-0.2, 0) is 19.4 Å². The summed E-state index contributed by atoms with van der Waals surface area (Å²) in [6, 6.07) is 0. The summed E-state index contributed by atoms with van der Waals surface area (Å²) in [4.78, 5) is 0. The predicted molar refractivity (Wildman–Crippen MR) is 61.4 cm³/mol. The van der Waals surface area contributed by atoms with Crippen molar-refractivity contribution in [3.63, 3.8) is 0 Å². The third-order valence-electron chi connectivity index (χ3n) is 2.37. The maximum atomic E-state index is 3.60. The van der Waals surface area contributed by atoms with Crippen LogP contribution in [0.15, 0.2) is 0 Å². The minimum atomic E-state index is 0.230. The van der Waals surface area contributed by atoms with Crippen molar-refractivity contribution in [3.8, 4) is 0 Å². The summed E-state index contributed by atoms with van der Waals surface area (Å²) in [7, 11) is 0. The Morgan fingerprint density at radius 2 is 1.57 bits per heavy atom. The Hall–Kier alpha value is 0.518. The standard InChI is InChI=1S/C12H25N.W/c1-8-10(11(2,3)4)9-13-12(5,6)7;/h10,13H,9H2,1-7H3;. The molecule has 0 aromatic heterocycles. The molecule has 0 bridgehead atoms. The zero-order valence-corrected chi connectivity index (χ0v) is 13.6. The topological polar surface area (TPSA) is 12.0 Å². The Morgan fingerprint density at radius 1 is 1.14 bits per heavy atom. The van der Waals surface area contributed by atoms with E-state index in [0.29, 0.717) is 11.3 Å². The fourth-order valence-electron chi connectivity index (χ4n) is 1.47. The summed E-state index contributed by atoms with van der Waals surface area (Å²) < 4.78 is 1.61. The molecule has 0 aliphatic carbocycles. The van der Waals surface area contributed by atoms with Crippen LogP contribution in [0.3, 0.4) is 0 Å². The van der Waals surface area contributed by atoms with Crippen molar-refractivity contribution in [3.05, 3.63) is 0 Å². The molecule has 0 spiro atoms. The molecule has 0 aliphatic heterocycles. The number of rotatable bonds is 3. The van der Waals surface area contributed by atoms with Crippen LogP contribution in [0.4, 0.5) is 0 Å². The summed E-state index contributed by atoms with van der Waals surface area (Å²) >= 11 is 1.62. The summed E-state index contributed by atoms with van der Waals surface area (Å²) in [5.41, 5.74) is 0.609. The molecule has 0 saturated heterocycles. The van der Waals surface area contributed by atoms with Crippen molar-refractivity contribution >= 4 is 3.90 Å². The first kappa shape index (κ1) is 14.5. The zero-order valence-electron chi connectivity index (χ0n) is 10.7. The average Bonchev–Trinajstić information content (AvgIpc) is 1.79. The van der Waals surface area contributed by atoms with Gasteiger partial charge in [-0.2, -0.15) is 0 Å². The Morgan fingerprint density at radius 3 is 1.79 bits per heavy atom. The second-order valence-electron chi connectivity index (χ2n) is 6.16. The Kier molecular flexibility index (Phi) is 5.22. The third kappa shape index (κ3) is 6.09. The van der Waals surface area contributed by atoms with Gasteiger partial charge in [0.15, 0.2) is 0 Å². The molecular formula is C12H25NW. The van der Waals surface area contributed by atoms with E-state index < -0.39 is 0 Å². The molecule has 1 unspecified atom stereocenters. The molecule has 1 atom stereocenters. The van der Waals surface area contributed by atoms with Gasteiger partial charge < -0.3 is 0 Å². The Labute approximate surface area is 100 Å². The fraction of sp³-hybridized carbons (Fsp3) is 0.917. The first-order valence-corrected chi connectivity index (χ1v) is 6.76. The van der Waals surface area contributed by atoms with Gasteiger partial charge in [0, 0.05) is 0 Å². The average molecular weight is 367 g/mol. The van der Waals surface area contributed by atoms with Crippen LogP contribution in [0.2, 0.25) is 0 Å². The normalized spacial score (nSPS) is 15.4. The maximum absolute atomic E-state index is 3.60. The number of nitrogens with one attached hydrogen (secondary N) is 1. The van der Waals surface area contributed by atoms with Gasteiger partial charge in [0.05, 0.1) is 0 Å². The van der Waals surface area contributed by atoms with Crippen LogP contribution in [0.1, 0.15) is 48.5 Å². The van der Waals surface area contributed by atoms with Gasteiger partial charge in [0.1, 0.15) is 0 Å². The molecule has 0 heterocycles. The van der Waals surface area contributed by atoms with E-state index in [-0.39, 0.29) is 5.54 Å². The van der Waals surface area contributed by atoms with E-state index in [9.17, 15) is 0 Å². The second kappa shape index (κ2) is 5.03. The number of hydrogen-bond acceptors (Lipinski definition) is 1. The van der Waals surface area contributed by atoms with Crippen molar-refractivity contribution in [1.82, 2.24) is 5.32 Å². The quantitative estimate of drug-likeness (QED) is 0.809. The van der Waals surface area contributed by atoms with Gasteiger partial charge in [0.2, 0.25) is 0 Å². The zero-order chi connectivity index (χ0) is 11.6. The van der Waals surface area contributed by atoms with Gasteiger partial charge in [-0.3, -0.25) is 0 Å². The van der Waals surface area contributed by atoms with Crippen molar-refractivity contribution in [2.24, 2.45) is 11.3 Å². The van der Waals surface area contributed by atoms with Gasteiger partial charge in [-0.15, -0.1) is 0 Å². The molecule has 0 rings (SSSR count). The molecule has 0 saturated carbocycles. The van der Waals surface area contributed by atoms with Crippen LogP contribution in [0.5, 0.6) is 0 Å². The van der Waals surface area contributed by atoms with E-state index in [2.05, 4.69) is 53.8 Å². The summed E-state index contributed by atoms with van der Waals surface area (Å²) in [6.45, 7) is 17.0. The molecule has 0 amide bonds. The van der Waals surface area contributed by atoms with Gasteiger partial charge in [-0.05, 0) is 0 Å². The molecule has 84 valence electrons.